The molecular weight excluding hydrogens is 424 g/mol. The third kappa shape index (κ3) is 4.50. The highest BCUT2D eigenvalue weighted by atomic mass is 32.2. The number of nitrogens with zero attached hydrogens (tertiary/aromatic N) is 2. The summed E-state index contributed by atoms with van der Waals surface area (Å²) in [6.45, 7) is 2.19. The number of hydrogen-bond acceptors (Lipinski definition) is 6. The summed E-state index contributed by atoms with van der Waals surface area (Å²) in [5, 5.41) is 0. The zero-order valence-corrected chi connectivity index (χ0v) is 17.9. The van der Waals surface area contributed by atoms with Gasteiger partial charge in [-0.1, -0.05) is 17.3 Å². The highest BCUT2D eigenvalue weighted by Gasteiger charge is 2.13. The Morgan fingerprint density at radius 2 is 1.83 bits per heavy atom. The van der Waals surface area contributed by atoms with E-state index in [1.807, 2.05) is 0 Å². The molecule has 1 heterocycles. The molecule has 3 rings (SSSR count). The summed E-state index contributed by atoms with van der Waals surface area (Å²) in [6.07, 6.45) is 6.57. The first kappa shape index (κ1) is 21.5. The number of carbonyl (C=O) groups excluding carboxylic acids is 2. The van der Waals surface area contributed by atoms with E-state index in [1.54, 1.807) is 29.7 Å². The molecule has 0 saturated carbocycles. The first-order valence-electron chi connectivity index (χ1n) is 8.87. The van der Waals surface area contributed by atoms with Crippen LogP contribution in [0.15, 0.2) is 52.4 Å². The lowest BCUT2D eigenvalue weighted by Gasteiger charge is -2.03. The highest BCUT2D eigenvalue weighted by molar-refractivity contribution is 7.90. The quantitative estimate of drug-likeness (QED) is 0.447. The molecule has 0 radical (unpaired) electrons. The number of benzene rings is 2. The van der Waals surface area contributed by atoms with Gasteiger partial charge < -0.3 is 9.30 Å². The Hall–Kier alpha value is -3.22. The Bertz CT molecular complexity index is 1340. The molecule has 0 saturated heterocycles. The lowest BCUT2D eigenvalue weighted by Crippen LogP contribution is -2.16. The van der Waals surface area contributed by atoms with E-state index in [0.29, 0.717) is 10.4 Å². The van der Waals surface area contributed by atoms with Crippen molar-refractivity contribution < 1.29 is 22.7 Å². The van der Waals surface area contributed by atoms with Gasteiger partial charge in [-0.15, -0.1) is 6.42 Å². The second kappa shape index (κ2) is 8.65. The van der Waals surface area contributed by atoms with E-state index >= 15 is 0 Å². The second-order valence-electron chi connectivity index (χ2n) is 6.29. The molecule has 1 amide bonds. The van der Waals surface area contributed by atoms with Crippen LogP contribution in [-0.2, 0) is 21.1 Å². The van der Waals surface area contributed by atoms with Crippen molar-refractivity contribution in [2.24, 2.45) is 4.99 Å². The number of hydrogen-bond donors (Lipinski definition) is 0. The molecule has 0 unspecified atom stereocenters. The SMILES string of the molecule is C#CCn1c(=NC(=O)c2ccc(S(C)(=O)=O)cc2)sc2cc(C(=O)OCC)ccc21. The molecule has 0 aliphatic rings. The summed E-state index contributed by atoms with van der Waals surface area (Å²) in [4.78, 5) is 29.3. The van der Waals surface area contributed by atoms with Crippen molar-refractivity contribution in [2.45, 2.75) is 18.4 Å². The standard InChI is InChI=1S/C21H18N2O5S2/c1-4-12-23-17-11-8-15(20(25)28-5-2)13-18(17)29-21(23)22-19(24)14-6-9-16(10-7-14)30(3,26)27/h1,6-11,13H,5,12H2,2-3H3. The van der Waals surface area contributed by atoms with E-state index in [2.05, 4.69) is 10.9 Å². The molecule has 0 N–H and O–H groups in total. The molecule has 1 aromatic heterocycles. The van der Waals surface area contributed by atoms with Gasteiger partial charge in [-0.2, -0.15) is 4.99 Å². The van der Waals surface area contributed by atoms with Crippen LogP contribution in [0.2, 0.25) is 0 Å². The Kier molecular flexibility index (Phi) is 6.20. The molecule has 154 valence electrons. The average molecular weight is 443 g/mol. The number of thiazole rings is 1. The van der Waals surface area contributed by atoms with E-state index in [-0.39, 0.29) is 23.6 Å². The fraction of sp³-hybridized carbons (Fsp3) is 0.190. The van der Waals surface area contributed by atoms with E-state index in [0.717, 1.165) is 16.5 Å². The van der Waals surface area contributed by atoms with Crippen molar-refractivity contribution in [3.8, 4) is 12.3 Å². The highest BCUT2D eigenvalue weighted by Crippen LogP contribution is 2.20. The van der Waals surface area contributed by atoms with Crippen molar-refractivity contribution in [2.75, 3.05) is 12.9 Å². The Morgan fingerprint density at radius 1 is 1.17 bits per heavy atom. The normalized spacial score (nSPS) is 12.0. The maximum Gasteiger partial charge on any atom is 0.338 e. The molecular formula is C21H18N2O5S2. The van der Waals surface area contributed by atoms with Crippen LogP contribution < -0.4 is 4.80 Å². The van der Waals surface area contributed by atoms with Crippen LogP contribution in [0.25, 0.3) is 10.2 Å². The molecule has 0 bridgehead atoms. The molecule has 0 fully saturated rings. The Labute approximate surface area is 177 Å². The first-order chi connectivity index (χ1) is 14.2. The number of esters is 1. The van der Waals surface area contributed by atoms with E-state index < -0.39 is 21.7 Å². The minimum atomic E-state index is -3.35. The van der Waals surface area contributed by atoms with Crippen LogP contribution in [0.1, 0.15) is 27.6 Å². The zero-order valence-electron chi connectivity index (χ0n) is 16.3. The van der Waals surface area contributed by atoms with Crippen LogP contribution >= 0.6 is 11.3 Å². The fourth-order valence-electron chi connectivity index (χ4n) is 2.74. The number of amides is 1. The molecule has 9 heteroatoms. The van der Waals surface area contributed by atoms with Gasteiger partial charge in [-0.3, -0.25) is 4.79 Å². The van der Waals surface area contributed by atoms with Gasteiger partial charge in [0.25, 0.3) is 5.91 Å². The minimum absolute atomic E-state index is 0.120. The van der Waals surface area contributed by atoms with Gasteiger partial charge in [0.1, 0.15) is 0 Å². The van der Waals surface area contributed by atoms with Crippen LogP contribution in [0, 0.1) is 12.3 Å². The van der Waals surface area contributed by atoms with Crippen LogP contribution in [-0.4, -0.2) is 37.7 Å². The van der Waals surface area contributed by atoms with Crippen molar-refractivity contribution in [1.82, 2.24) is 4.57 Å². The number of fused-ring (bicyclic) bond motifs is 1. The van der Waals surface area contributed by atoms with Crippen molar-refractivity contribution in [1.29, 1.82) is 0 Å². The number of carbonyl (C=O) groups is 2. The van der Waals surface area contributed by atoms with E-state index in [1.165, 1.54) is 35.6 Å². The summed E-state index contributed by atoms with van der Waals surface area (Å²) in [7, 11) is -3.35. The number of rotatable bonds is 5. The monoisotopic (exact) mass is 442 g/mol. The first-order valence-corrected chi connectivity index (χ1v) is 11.6. The van der Waals surface area contributed by atoms with Gasteiger partial charge in [0.2, 0.25) is 0 Å². The molecule has 0 aliphatic carbocycles. The van der Waals surface area contributed by atoms with Gasteiger partial charge >= 0.3 is 5.97 Å². The molecule has 3 aromatic rings. The van der Waals surface area contributed by atoms with E-state index in [9.17, 15) is 18.0 Å². The molecule has 2 aromatic carbocycles. The van der Waals surface area contributed by atoms with Crippen LogP contribution in [0.4, 0.5) is 0 Å². The lowest BCUT2D eigenvalue weighted by molar-refractivity contribution is 0.0526. The predicted octanol–water partition coefficient (Wildman–Crippen LogP) is 2.66. The van der Waals surface area contributed by atoms with Gasteiger partial charge in [0.05, 0.1) is 33.8 Å². The van der Waals surface area contributed by atoms with Gasteiger partial charge in [-0.25, -0.2) is 13.2 Å². The van der Waals surface area contributed by atoms with Gasteiger partial charge in [-0.05, 0) is 49.4 Å². The molecule has 0 spiro atoms. The molecule has 0 aliphatic heterocycles. The van der Waals surface area contributed by atoms with Crippen LogP contribution in [0.5, 0.6) is 0 Å². The van der Waals surface area contributed by atoms with E-state index in [4.69, 9.17) is 11.2 Å². The van der Waals surface area contributed by atoms with Gasteiger partial charge in [0.15, 0.2) is 14.6 Å². The van der Waals surface area contributed by atoms with Crippen LogP contribution in [0.3, 0.4) is 0 Å². The largest absolute Gasteiger partial charge is 0.462 e. The average Bonchev–Trinajstić information content (AvgIpc) is 3.04. The van der Waals surface area contributed by atoms with Crippen molar-refractivity contribution in [3.63, 3.8) is 0 Å². The summed E-state index contributed by atoms with van der Waals surface area (Å²) < 4.78 is 30.6. The topological polar surface area (TPSA) is 94.8 Å². The number of ether oxygens (including phenoxy) is 1. The predicted molar refractivity (Wildman–Crippen MR) is 114 cm³/mol. The third-order valence-corrected chi connectivity index (χ3v) is 6.34. The van der Waals surface area contributed by atoms with Crippen molar-refractivity contribution in [3.05, 3.63) is 58.4 Å². The van der Waals surface area contributed by atoms with Gasteiger partial charge in [0, 0.05) is 11.8 Å². The summed E-state index contributed by atoms with van der Waals surface area (Å²) >= 11 is 1.22. The summed E-state index contributed by atoms with van der Waals surface area (Å²) in [6, 6.07) is 10.6. The fourth-order valence-corrected chi connectivity index (χ4v) is 4.44. The summed E-state index contributed by atoms with van der Waals surface area (Å²) in [5.74, 6) is 1.57. The Morgan fingerprint density at radius 3 is 2.43 bits per heavy atom. The number of sulfone groups is 1. The maximum atomic E-state index is 12.6. The lowest BCUT2D eigenvalue weighted by atomic mass is 10.2. The third-order valence-electron chi connectivity index (χ3n) is 4.17. The zero-order chi connectivity index (χ0) is 21.9. The minimum Gasteiger partial charge on any atom is -0.462 e. The maximum absolute atomic E-state index is 12.6. The smallest absolute Gasteiger partial charge is 0.338 e. The molecule has 7 nitrogen and oxygen atoms in total. The molecule has 30 heavy (non-hydrogen) atoms. The van der Waals surface area contributed by atoms with Crippen molar-refractivity contribution >= 4 is 43.3 Å². The summed E-state index contributed by atoms with van der Waals surface area (Å²) in [5.41, 5.74) is 1.39. The number of aromatic nitrogens is 1. The molecule has 0 atom stereocenters. The Balaban J connectivity index is 2.06. The second-order valence-corrected chi connectivity index (χ2v) is 9.32. The number of terminal acetylenes is 1.